The highest BCUT2D eigenvalue weighted by atomic mass is 32.2. The van der Waals surface area contributed by atoms with Crippen LogP contribution in [0.1, 0.15) is 13.3 Å². The molecule has 1 aromatic carbocycles. The Balaban J connectivity index is 2.31. The summed E-state index contributed by atoms with van der Waals surface area (Å²) in [6.45, 7) is 2.18. The molecule has 0 radical (unpaired) electrons. The Morgan fingerprint density at radius 3 is 2.89 bits per heavy atom. The zero-order valence-electron chi connectivity index (χ0n) is 11.4. The van der Waals surface area contributed by atoms with Crippen molar-refractivity contribution in [2.24, 2.45) is 5.92 Å². The molecule has 106 valence electrons. The van der Waals surface area contributed by atoms with Crippen LogP contribution in [0.4, 0.5) is 5.69 Å². The first-order valence-corrected chi connectivity index (χ1v) is 7.44. The molecule has 0 spiro atoms. The molecule has 0 fully saturated rings. The molecule has 0 aliphatic heterocycles. The Morgan fingerprint density at radius 1 is 1.47 bits per heavy atom. The van der Waals surface area contributed by atoms with E-state index < -0.39 is 0 Å². The number of thioether (sulfide) groups is 1. The molecule has 0 aliphatic rings. The first kappa shape index (κ1) is 15.9. The van der Waals surface area contributed by atoms with E-state index in [0.717, 1.165) is 11.5 Å². The summed E-state index contributed by atoms with van der Waals surface area (Å²) in [6.07, 6.45) is 0.459. The smallest absolute Gasteiger partial charge is 0.225 e. The van der Waals surface area contributed by atoms with E-state index in [-0.39, 0.29) is 18.4 Å². The molecule has 19 heavy (non-hydrogen) atoms. The van der Waals surface area contributed by atoms with Crippen molar-refractivity contribution < 1.29 is 14.6 Å². The number of aliphatic hydroxyl groups is 1. The van der Waals surface area contributed by atoms with E-state index in [0.29, 0.717) is 17.9 Å². The van der Waals surface area contributed by atoms with E-state index in [1.54, 1.807) is 18.9 Å². The second kappa shape index (κ2) is 8.82. The van der Waals surface area contributed by atoms with Gasteiger partial charge in [-0.3, -0.25) is 4.79 Å². The van der Waals surface area contributed by atoms with Crippen molar-refractivity contribution in [2.45, 2.75) is 13.3 Å². The predicted molar refractivity (Wildman–Crippen MR) is 79.8 cm³/mol. The average Bonchev–Trinajstić information content (AvgIpc) is 2.43. The van der Waals surface area contributed by atoms with Gasteiger partial charge in [0.05, 0.1) is 12.8 Å². The van der Waals surface area contributed by atoms with Gasteiger partial charge in [0.15, 0.2) is 0 Å². The number of carbonyl (C=O) groups excluding carboxylic acids is 1. The van der Waals surface area contributed by atoms with Crippen LogP contribution in [0.3, 0.4) is 0 Å². The number of hydrogen-bond acceptors (Lipinski definition) is 4. The maximum absolute atomic E-state index is 11.8. The number of hydrogen-bond donors (Lipinski definition) is 2. The minimum atomic E-state index is -0.0198. The van der Waals surface area contributed by atoms with Crippen LogP contribution in [0, 0.1) is 5.92 Å². The quantitative estimate of drug-likeness (QED) is 0.719. The Labute approximate surface area is 118 Å². The van der Waals surface area contributed by atoms with E-state index in [2.05, 4.69) is 5.32 Å². The summed E-state index contributed by atoms with van der Waals surface area (Å²) >= 11 is 1.68. The SMILES string of the molecule is COc1ccccc1NC(=O)CCSCC(C)CO. The van der Waals surface area contributed by atoms with Gasteiger partial charge in [0, 0.05) is 18.8 Å². The molecule has 2 N–H and O–H groups in total. The third kappa shape index (κ3) is 5.98. The summed E-state index contributed by atoms with van der Waals surface area (Å²) in [5.74, 6) is 2.55. The zero-order chi connectivity index (χ0) is 14.1. The van der Waals surface area contributed by atoms with Crippen LogP contribution in [0.25, 0.3) is 0 Å². The van der Waals surface area contributed by atoms with Crippen molar-refractivity contribution >= 4 is 23.4 Å². The van der Waals surface area contributed by atoms with Gasteiger partial charge in [-0.25, -0.2) is 0 Å². The number of nitrogens with one attached hydrogen (secondary N) is 1. The number of methoxy groups -OCH3 is 1. The molecule has 0 heterocycles. The Hall–Kier alpha value is -1.20. The molecule has 0 saturated heterocycles. The monoisotopic (exact) mass is 283 g/mol. The van der Waals surface area contributed by atoms with Crippen LogP contribution in [0.15, 0.2) is 24.3 Å². The first-order chi connectivity index (χ1) is 9.17. The lowest BCUT2D eigenvalue weighted by atomic mass is 10.2. The Morgan fingerprint density at radius 2 is 2.21 bits per heavy atom. The maximum Gasteiger partial charge on any atom is 0.225 e. The lowest BCUT2D eigenvalue weighted by Gasteiger charge is -2.10. The van der Waals surface area contributed by atoms with Gasteiger partial charge in [0.2, 0.25) is 5.91 Å². The molecule has 0 saturated carbocycles. The Bertz CT molecular complexity index is 398. The summed E-state index contributed by atoms with van der Waals surface area (Å²) in [7, 11) is 1.58. The number of anilines is 1. The molecular weight excluding hydrogens is 262 g/mol. The van der Waals surface area contributed by atoms with Gasteiger partial charge in [-0.1, -0.05) is 19.1 Å². The molecule has 1 unspecified atom stereocenters. The van der Waals surface area contributed by atoms with Crippen molar-refractivity contribution in [1.82, 2.24) is 0 Å². The third-order valence-electron chi connectivity index (χ3n) is 2.57. The summed E-state index contributed by atoms with van der Waals surface area (Å²) in [5.41, 5.74) is 0.698. The minimum absolute atomic E-state index is 0.0198. The number of aliphatic hydroxyl groups excluding tert-OH is 1. The predicted octanol–water partition coefficient (Wildman–Crippen LogP) is 2.39. The van der Waals surface area contributed by atoms with E-state index in [1.807, 2.05) is 31.2 Å². The number of para-hydroxylation sites is 2. The number of carbonyl (C=O) groups is 1. The molecule has 1 amide bonds. The van der Waals surface area contributed by atoms with E-state index >= 15 is 0 Å². The number of rotatable bonds is 8. The third-order valence-corrected chi connectivity index (χ3v) is 3.87. The van der Waals surface area contributed by atoms with E-state index in [4.69, 9.17) is 9.84 Å². The van der Waals surface area contributed by atoms with Crippen LogP contribution < -0.4 is 10.1 Å². The van der Waals surface area contributed by atoms with Crippen LogP contribution in [0.5, 0.6) is 5.75 Å². The standard InChI is InChI=1S/C14H21NO3S/c1-11(9-16)10-19-8-7-14(17)15-12-5-3-4-6-13(12)18-2/h3-6,11,16H,7-10H2,1-2H3,(H,15,17). The summed E-state index contributed by atoms with van der Waals surface area (Å²) in [5, 5.41) is 11.7. The topological polar surface area (TPSA) is 58.6 Å². The van der Waals surface area contributed by atoms with Crippen molar-refractivity contribution in [3.05, 3.63) is 24.3 Å². The minimum Gasteiger partial charge on any atom is -0.495 e. The van der Waals surface area contributed by atoms with Gasteiger partial charge in [0.25, 0.3) is 0 Å². The molecule has 4 nitrogen and oxygen atoms in total. The maximum atomic E-state index is 11.8. The van der Waals surface area contributed by atoms with Gasteiger partial charge in [-0.2, -0.15) is 11.8 Å². The lowest BCUT2D eigenvalue weighted by Crippen LogP contribution is -2.13. The highest BCUT2D eigenvalue weighted by molar-refractivity contribution is 7.99. The fraction of sp³-hybridized carbons (Fsp3) is 0.500. The number of benzene rings is 1. The van der Waals surface area contributed by atoms with Gasteiger partial charge in [-0.15, -0.1) is 0 Å². The summed E-state index contributed by atoms with van der Waals surface area (Å²) in [4.78, 5) is 11.8. The van der Waals surface area contributed by atoms with Crippen molar-refractivity contribution in [3.63, 3.8) is 0 Å². The van der Waals surface area contributed by atoms with Gasteiger partial charge in [0.1, 0.15) is 5.75 Å². The fourth-order valence-electron chi connectivity index (χ4n) is 1.46. The van der Waals surface area contributed by atoms with Crippen molar-refractivity contribution in [1.29, 1.82) is 0 Å². The largest absolute Gasteiger partial charge is 0.495 e. The molecular formula is C14H21NO3S. The molecule has 0 aromatic heterocycles. The summed E-state index contributed by atoms with van der Waals surface area (Å²) in [6, 6.07) is 7.35. The molecule has 5 heteroatoms. The zero-order valence-corrected chi connectivity index (χ0v) is 12.2. The van der Waals surface area contributed by atoms with Gasteiger partial charge in [-0.05, 0) is 23.8 Å². The number of ether oxygens (including phenoxy) is 1. The van der Waals surface area contributed by atoms with E-state index in [9.17, 15) is 4.79 Å². The summed E-state index contributed by atoms with van der Waals surface area (Å²) < 4.78 is 5.17. The lowest BCUT2D eigenvalue weighted by molar-refractivity contribution is -0.115. The van der Waals surface area contributed by atoms with Gasteiger partial charge < -0.3 is 15.2 Å². The second-order valence-corrected chi connectivity index (χ2v) is 5.51. The Kier molecular flexibility index (Phi) is 7.36. The van der Waals surface area contributed by atoms with E-state index in [1.165, 1.54) is 0 Å². The normalized spacial score (nSPS) is 11.9. The molecule has 1 rings (SSSR count). The van der Waals surface area contributed by atoms with Crippen molar-refractivity contribution in [2.75, 3.05) is 30.5 Å². The fourth-order valence-corrected chi connectivity index (χ4v) is 2.47. The van der Waals surface area contributed by atoms with Crippen LogP contribution in [-0.4, -0.2) is 36.2 Å². The van der Waals surface area contributed by atoms with Crippen LogP contribution >= 0.6 is 11.8 Å². The van der Waals surface area contributed by atoms with Gasteiger partial charge >= 0.3 is 0 Å². The second-order valence-electron chi connectivity index (χ2n) is 4.36. The molecule has 0 bridgehead atoms. The molecule has 1 atom stereocenters. The first-order valence-electron chi connectivity index (χ1n) is 6.28. The molecule has 0 aliphatic carbocycles. The number of amides is 1. The van der Waals surface area contributed by atoms with Crippen LogP contribution in [-0.2, 0) is 4.79 Å². The highest BCUT2D eigenvalue weighted by Crippen LogP contribution is 2.23. The highest BCUT2D eigenvalue weighted by Gasteiger charge is 2.07. The van der Waals surface area contributed by atoms with Crippen molar-refractivity contribution in [3.8, 4) is 5.75 Å². The molecule has 1 aromatic rings. The average molecular weight is 283 g/mol. The van der Waals surface area contributed by atoms with Crippen LogP contribution in [0.2, 0.25) is 0 Å².